The van der Waals surface area contributed by atoms with E-state index in [0.717, 1.165) is 49.7 Å². The van der Waals surface area contributed by atoms with Crippen molar-refractivity contribution < 1.29 is 0 Å². The molecule has 0 atom stereocenters. The van der Waals surface area contributed by atoms with E-state index >= 15 is 0 Å². The molecule has 0 saturated heterocycles. The van der Waals surface area contributed by atoms with Gasteiger partial charge >= 0.3 is 0 Å². The fourth-order valence-corrected chi connectivity index (χ4v) is 4.97. The monoisotopic (exact) mass is 459 g/mol. The molecule has 0 radical (unpaired) electrons. The fraction of sp³-hybridized carbons (Fsp3) is 0.0303. The van der Waals surface area contributed by atoms with Crippen LogP contribution >= 0.6 is 0 Å². The van der Waals surface area contributed by atoms with Crippen LogP contribution in [0.3, 0.4) is 0 Å². The third kappa shape index (κ3) is 3.52. The molecule has 0 N–H and O–H groups in total. The van der Waals surface area contributed by atoms with Gasteiger partial charge in [-0.05, 0) is 66.1 Å². The van der Waals surface area contributed by atoms with E-state index in [4.69, 9.17) is 0 Å². The lowest BCUT2D eigenvalue weighted by atomic mass is 9.98. The molecule has 5 aromatic carbocycles. The Bertz CT molecular complexity index is 1840. The summed E-state index contributed by atoms with van der Waals surface area (Å²) in [5.74, 6) is 0. The maximum Gasteiger partial charge on any atom is 0.0992 e. The van der Waals surface area contributed by atoms with Crippen molar-refractivity contribution in [3.8, 4) is 40.1 Å². The van der Waals surface area contributed by atoms with E-state index in [9.17, 15) is 10.5 Å². The topological polar surface area (TPSA) is 52.5 Å². The van der Waals surface area contributed by atoms with E-state index in [2.05, 4.69) is 78.2 Å². The number of aromatic nitrogens is 1. The van der Waals surface area contributed by atoms with Crippen molar-refractivity contribution in [2.45, 2.75) is 6.92 Å². The third-order valence-electron chi connectivity index (χ3n) is 6.72. The summed E-state index contributed by atoms with van der Waals surface area (Å²) in [6.45, 7) is 2.08. The Balaban J connectivity index is 1.62. The Kier molecular flexibility index (Phi) is 5.11. The zero-order valence-corrected chi connectivity index (χ0v) is 19.7. The third-order valence-corrected chi connectivity index (χ3v) is 6.72. The Labute approximate surface area is 209 Å². The van der Waals surface area contributed by atoms with Gasteiger partial charge < -0.3 is 4.57 Å². The molecule has 3 heteroatoms. The predicted molar refractivity (Wildman–Crippen MR) is 146 cm³/mol. The molecule has 0 amide bonds. The summed E-state index contributed by atoms with van der Waals surface area (Å²) in [6.07, 6.45) is 0. The van der Waals surface area contributed by atoms with Crippen LogP contribution < -0.4 is 0 Å². The number of hydrogen-bond donors (Lipinski definition) is 0. The van der Waals surface area contributed by atoms with Crippen LogP contribution in [0.2, 0.25) is 0 Å². The van der Waals surface area contributed by atoms with E-state index in [-0.39, 0.29) is 0 Å². The molecule has 0 aliphatic carbocycles. The second-order valence-corrected chi connectivity index (χ2v) is 8.99. The molecule has 1 heterocycles. The quantitative estimate of drug-likeness (QED) is 0.268. The lowest BCUT2D eigenvalue weighted by Crippen LogP contribution is -1.98. The molecule has 1 aromatic heterocycles. The summed E-state index contributed by atoms with van der Waals surface area (Å²) in [7, 11) is 0. The van der Waals surface area contributed by atoms with Gasteiger partial charge in [-0.3, -0.25) is 0 Å². The number of rotatable bonds is 3. The van der Waals surface area contributed by atoms with Crippen molar-refractivity contribution in [3.63, 3.8) is 0 Å². The van der Waals surface area contributed by atoms with Crippen LogP contribution in [0.4, 0.5) is 0 Å². The molecule has 0 bridgehead atoms. The first-order chi connectivity index (χ1) is 17.7. The average molecular weight is 460 g/mol. The van der Waals surface area contributed by atoms with Crippen molar-refractivity contribution >= 4 is 21.8 Å². The summed E-state index contributed by atoms with van der Waals surface area (Å²) in [4.78, 5) is 0. The zero-order chi connectivity index (χ0) is 24.6. The highest BCUT2D eigenvalue weighted by Gasteiger charge is 2.17. The second kappa shape index (κ2) is 8.58. The van der Waals surface area contributed by atoms with Gasteiger partial charge in [-0.15, -0.1) is 0 Å². The SMILES string of the molecule is Cc1ccc2c(c1)c1cc(C#N)ccc1n2-c1cc(C#N)ccc1-c1ccc(-c2ccccc2)cc1. The van der Waals surface area contributed by atoms with Gasteiger partial charge in [-0.25, -0.2) is 0 Å². The molecule has 0 unspecified atom stereocenters. The molecule has 3 nitrogen and oxygen atoms in total. The minimum Gasteiger partial charge on any atom is -0.309 e. The Morgan fingerprint density at radius 2 is 1.14 bits per heavy atom. The van der Waals surface area contributed by atoms with Crippen LogP contribution in [0, 0.1) is 29.6 Å². The zero-order valence-electron chi connectivity index (χ0n) is 19.7. The molecular formula is C33H21N3. The van der Waals surface area contributed by atoms with Crippen LogP contribution in [0.5, 0.6) is 0 Å². The number of hydrogen-bond acceptors (Lipinski definition) is 2. The fourth-order valence-electron chi connectivity index (χ4n) is 4.97. The standard InChI is InChI=1S/C33H21N3/c1-22-7-15-31-29(17-22)30-18-23(20-34)9-16-32(30)36(31)33-19-24(21-35)8-14-28(33)27-12-10-26(11-13-27)25-5-3-2-4-6-25/h2-19H,1H3. The second-order valence-electron chi connectivity index (χ2n) is 8.99. The van der Waals surface area contributed by atoms with Crippen molar-refractivity contribution in [3.05, 3.63) is 126 Å². The number of benzene rings is 5. The smallest absolute Gasteiger partial charge is 0.0992 e. The van der Waals surface area contributed by atoms with E-state index in [1.54, 1.807) is 0 Å². The highest BCUT2D eigenvalue weighted by atomic mass is 15.0. The summed E-state index contributed by atoms with van der Waals surface area (Å²) in [6, 6.07) is 41.5. The van der Waals surface area contributed by atoms with Crippen LogP contribution in [-0.4, -0.2) is 4.57 Å². The Morgan fingerprint density at radius 3 is 1.86 bits per heavy atom. The molecule has 0 saturated carbocycles. The molecule has 6 aromatic rings. The van der Waals surface area contributed by atoms with Gasteiger partial charge in [0.2, 0.25) is 0 Å². The molecule has 0 fully saturated rings. The van der Waals surface area contributed by atoms with Crippen LogP contribution in [0.1, 0.15) is 16.7 Å². The lowest BCUT2D eigenvalue weighted by Gasteiger charge is -2.15. The molecule has 168 valence electrons. The van der Waals surface area contributed by atoms with Gasteiger partial charge in [0.25, 0.3) is 0 Å². The maximum atomic E-state index is 9.72. The Hall–Kier alpha value is -5.12. The molecular weight excluding hydrogens is 438 g/mol. The van der Waals surface area contributed by atoms with Gasteiger partial charge in [0.1, 0.15) is 0 Å². The Morgan fingerprint density at radius 1 is 0.556 bits per heavy atom. The lowest BCUT2D eigenvalue weighted by molar-refractivity contribution is 1.18. The first-order valence-corrected chi connectivity index (χ1v) is 11.8. The van der Waals surface area contributed by atoms with Crippen molar-refractivity contribution in [2.75, 3.05) is 0 Å². The van der Waals surface area contributed by atoms with Crippen molar-refractivity contribution in [1.29, 1.82) is 10.5 Å². The molecule has 0 spiro atoms. The molecule has 0 aliphatic heterocycles. The number of fused-ring (bicyclic) bond motifs is 3. The van der Waals surface area contributed by atoms with E-state index in [0.29, 0.717) is 11.1 Å². The van der Waals surface area contributed by atoms with Gasteiger partial charge in [-0.1, -0.05) is 72.3 Å². The predicted octanol–water partition coefficient (Wildman–Crippen LogP) is 8.17. The van der Waals surface area contributed by atoms with E-state index in [1.807, 2.05) is 54.6 Å². The first-order valence-electron chi connectivity index (χ1n) is 11.8. The van der Waals surface area contributed by atoms with E-state index in [1.165, 1.54) is 5.56 Å². The van der Waals surface area contributed by atoms with Crippen LogP contribution in [0.25, 0.3) is 49.7 Å². The van der Waals surface area contributed by atoms with Gasteiger partial charge in [0.05, 0.1) is 40.0 Å². The van der Waals surface area contributed by atoms with Crippen LogP contribution in [-0.2, 0) is 0 Å². The normalized spacial score (nSPS) is 10.9. The highest BCUT2D eigenvalue weighted by molar-refractivity contribution is 6.10. The minimum atomic E-state index is 0.602. The highest BCUT2D eigenvalue weighted by Crippen LogP contribution is 2.37. The summed E-state index contributed by atoms with van der Waals surface area (Å²) >= 11 is 0. The minimum absolute atomic E-state index is 0.602. The van der Waals surface area contributed by atoms with Gasteiger partial charge in [-0.2, -0.15) is 10.5 Å². The van der Waals surface area contributed by atoms with Crippen LogP contribution in [0.15, 0.2) is 109 Å². The summed E-state index contributed by atoms with van der Waals surface area (Å²) in [5.41, 5.74) is 9.83. The number of aryl methyl sites for hydroxylation is 1. The van der Waals surface area contributed by atoms with Crippen molar-refractivity contribution in [2.24, 2.45) is 0 Å². The maximum absolute atomic E-state index is 9.72. The summed E-state index contributed by atoms with van der Waals surface area (Å²) in [5, 5.41) is 21.4. The van der Waals surface area contributed by atoms with Gasteiger partial charge in [0.15, 0.2) is 0 Å². The number of nitriles is 2. The number of nitrogens with zero attached hydrogens (tertiary/aromatic N) is 3. The summed E-state index contributed by atoms with van der Waals surface area (Å²) < 4.78 is 2.21. The van der Waals surface area contributed by atoms with E-state index < -0.39 is 0 Å². The van der Waals surface area contributed by atoms with Crippen molar-refractivity contribution in [1.82, 2.24) is 4.57 Å². The molecule has 6 rings (SSSR count). The largest absolute Gasteiger partial charge is 0.309 e. The molecule has 0 aliphatic rings. The first kappa shape index (κ1) is 21.4. The van der Waals surface area contributed by atoms with Gasteiger partial charge in [0, 0.05) is 16.3 Å². The molecule has 36 heavy (non-hydrogen) atoms. The average Bonchev–Trinajstić information content (AvgIpc) is 3.26.